The van der Waals surface area contributed by atoms with E-state index in [2.05, 4.69) is 24.3 Å². The molecule has 0 fully saturated rings. The van der Waals surface area contributed by atoms with Gasteiger partial charge in [0.25, 0.3) is 0 Å². The Labute approximate surface area is 103 Å². The molecule has 1 atom stereocenters. The van der Waals surface area contributed by atoms with Crippen LogP contribution >= 0.6 is 11.6 Å². The number of hydrogen-bond donors (Lipinski definition) is 2. The minimum atomic E-state index is 0.179. The fraction of sp³-hybridized carbons (Fsp3) is 0.500. The smallest absolute Gasteiger partial charge is 0.0445 e. The first-order valence-electron chi connectivity index (χ1n) is 5.47. The molecule has 0 heterocycles. The lowest BCUT2D eigenvalue weighted by Gasteiger charge is -2.19. The summed E-state index contributed by atoms with van der Waals surface area (Å²) in [5, 5.41) is 4.17. The first kappa shape index (κ1) is 13.5. The second-order valence-electron chi connectivity index (χ2n) is 4.10. The standard InChI is InChI=1S/C12H20ClN3/c1-16(2)7-6-15-12(9-14)10-4-3-5-11(13)8-10/h3-5,8,12,15H,6-7,9,14H2,1-2H3. The van der Waals surface area contributed by atoms with Gasteiger partial charge in [-0.15, -0.1) is 0 Å². The first-order chi connectivity index (χ1) is 7.63. The van der Waals surface area contributed by atoms with E-state index in [0.717, 1.165) is 23.7 Å². The van der Waals surface area contributed by atoms with Crippen LogP contribution in [0.2, 0.25) is 5.02 Å². The molecule has 0 aliphatic carbocycles. The van der Waals surface area contributed by atoms with Crippen molar-refractivity contribution in [3.8, 4) is 0 Å². The number of halogens is 1. The van der Waals surface area contributed by atoms with Gasteiger partial charge >= 0.3 is 0 Å². The topological polar surface area (TPSA) is 41.3 Å². The van der Waals surface area contributed by atoms with Gasteiger partial charge in [-0.3, -0.25) is 0 Å². The average Bonchev–Trinajstić information content (AvgIpc) is 2.24. The van der Waals surface area contributed by atoms with Crippen molar-refractivity contribution >= 4 is 11.6 Å². The van der Waals surface area contributed by atoms with Gasteiger partial charge in [0.15, 0.2) is 0 Å². The molecule has 0 bridgehead atoms. The number of rotatable bonds is 6. The molecule has 16 heavy (non-hydrogen) atoms. The number of likely N-dealkylation sites (N-methyl/N-ethyl adjacent to an activating group) is 1. The summed E-state index contributed by atoms with van der Waals surface area (Å²) >= 11 is 5.95. The van der Waals surface area contributed by atoms with Gasteiger partial charge in [-0.1, -0.05) is 23.7 Å². The van der Waals surface area contributed by atoms with E-state index in [1.807, 2.05) is 24.3 Å². The molecule has 0 radical (unpaired) electrons. The fourth-order valence-corrected chi connectivity index (χ4v) is 1.72. The van der Waals surface area contributed by atoms with Crippen molar-refractivity contribution in [1.29, 1.82) is 0 Å². The second-order valence-corrected chi connectivity index (χ2v) is 4.54. The molecule has 0 aliphatic rings. The zero-order chi connectivity index (χ0) is 12.0. The van der Waals surface area contributed by atoms with Gasteiger partial charge in [0.05, 0.1) is 0 Å². The third-order valence-corrected chi connectivity index (χ3v) is 2.67. The highest BCUT2D eigenvalue weighted by Crippen LogP contribution is 2.16. The third-order valence-electron chi connectivity index (χ3n) is 2.44. The van der Waals surface area contributed by atoms with Gasteiger partial charge in [-0.05, 0) is 31.8 Å². The molecule has 0 aromatic heterocycles. The number of hydrogen-bond acceptors (Lipinski definition) is 3. The van der Waals surface area contributed by atoms with E-state index in [-0.39, 0.29) is 6.04 Å². The number of nitrogens with two attached hydrogens (primary N) is 1. The molecule has 0 amide bonds. The predicted molar refractivity (Wildman–Crippen MR) is 69.8 cm³/mol. The van der Waals surface area contributed by atoms with Crippen LogP contribution in [0.15, 0.2) is 24.3 Å². The summed E-state index contributed by atoms with van der Waals surface area (Å²) in [5.41, 5.74) is 6.90. The van der Waals surface area contributed by atoms with Crippen LogP contribution < -0.4 is 11.1 Å². The quantitative estimate of drug-likeness (QED) is 0.793. The molecule has 0 saturated carbocycles. The summed E-state index contributed by atoms with van der Waals surface area (Å²) < 4.78 is 0. The van der Waals surface area contributed by atoms with Crippen LogP contribution in [0.3, 0.4) is 0 Å². The van der Waals surface area contributed by atoms with E-state index in [1.165, 1.54) is 0 Å². The van der Waals surface area contributed by atoms with Crippen LogP contribution in [0.4, 0.5) is 0 Å². The Morgan fingerprint density at radius 2 is 2.19 bits per heavy atom. The molecule has 1 rings (SSSR count). The van der Waals surface area contributed by atoms with E-state index in [9.17, 15) is 0 Å². The largest absolute Gasteiger partial charge is 0.329 e. The molecule has 1 aromatic rings. The van der Waals surface area contributed by atoms with Gasteiger partial charge in [0.2, 0.25) is 0 Å². The molecule has 1 aromatic carbocycles. The van der Waals surface area contributed by atoms with Crippen LogP contribution in [-0.2, 0) is 0 Å². The molecular weight excluding hydrogens is 222 g/mol. The van der Waals surface area contributed by atoms with Gasteiger partial charge < -0.3 is 16.0 Å². The summed E-state index contributed by atoms with van der Waals surface area (Å²) in [4.78, 5) is 2.14. The third kappa shape index (κ3) is 4.49. The Bertz CT molecular complexity index is 315. The Hall–Kier alpha value is -0.610. The van der Waals surface area contributed by atoms with Crippen molar-refractivity contribution in [1.82, 2.24) is 10.2 Å². The summed E-state index contributed by atoms with van der Waals surface area (Å²) in [7, 11) is 4.11. The summed E-state index contributed by atoms with van der Waals surface area (Å²) in [6.45, 7) is 2.49. The SMILES string of the molecule is CN(C)CCNC(CN)c1cccc(Cl)c1. The van der Waals surface area contributed by atoms with E-state index in [1.54, 1.807) is 0 Å². The normalized spacial score (nSPS) is 13.1. The Morgan fingerprint density at radius 1 is 1.44 bits per heavy atom. The highest BCUT2D eigenvalue weighted by Gasteiger charge is 2.08. The molecule has 1 unspecified atom stereocenters. The maximum Gasteiger partial charge on any atom is 0.0445 e. The van der Waals surface area contributed by atoms with Gasteiger partial charge in [-0.25, -0.2) is 0 Å². The minimum absolute atomic E-state index is 0.179. The van der Waals surface area contributed by atoms with Gasteiger partial charge in [-0.2, -0.15) is 0 Å². The van der Waals surface area contributed by atoms with Crippen molar-refractivity contribution in [2.24, 2.45) is 5.73 Å². The van der Waals surface area contributed by atoms with Crippen LogP contribution in [0.1, 0.15) is 11.6 Å². The van der Waals surface area contributed by atoms with Crippen molar-refractivity contribution in [3.05, 3.63) is 34.9 Å². The van der Waals surface area contributed by atoms with Crippen LogP contribution in [0.5, 0.6) is 0 Å². The Morgan fingerprint density at radius 3 is 2.75 bits per heavy atom. The zero-order valence-electron chi connectivity index (χ0n) is 9.91. The summed E-state index contributed by atoms with van der Waals surface area (Å²) in [6, 6.07) is 8.01. The highest BCUT2D eigenvalue weighted by molar-refractivity contribution is 6.30. The van der Waals surface area contributed by atoms with Crippen molar-refractivity contribution in [2.45, 2.75) is 6.04 Å². The molecule has 0 spiro atoms. The maximum atomic E-state index is 5.95. The minimum Gasteiger partial charge on any atom is -0.329 e. The molecule has 90 valence electrons. The van der Waals surface area contributed by atoms with E-state index in [0.29, 0.717) is 6.54 Å². The van der Waals surface area contributed by atoms with E-state index < -0.39 is 0 Å². The zero-order valence-corrected chi connectivity index (χ0v) is 10.7. The Kier molecular flexibility index (Phi) is 5.77. The lowest BCUT2D eigenvalue weighted by molar-refractivity contribution is 0.385. The molecule has 3 nitrogen and oxygen atoms in total. The van der Waals surface area contributed by atoms with Crippen LogP contribution in [-0.4, -0.2) is 38.6 Å². The number of nitrogens with one attached hydrogen (secondary N) is 1. The molecular formula is C12H20ClN3. The summed E-state index contributed by atoms with van der Waals surface area (Å²) in [6.07, 6.45) is 0. The maximum absolute atomic E-state index is 5.95. The lowest BCUT2D eigenvalue weighted by atomic mass is 10.1. The van der Waals surface area contributed by atoms with Crippen molar-refractivity contribution in [2.75, 3.05) is 33.7 Å². The lowest BCUT2D eigenvalue weighted by Crippen LogP contribution is -2.33. The first-order valence-corrected chi connectivity index (χ1v) is 5.85. The molecule has 0 saturated heterocycles. The highest BCUT2D eigenvalue weighted by atomic mass is 35.5. The average molecular weight is 242 g/mol. The molecule has 3 N–H and O–H groups in total. The van der Waals surface area contributed by atoms with Crippen LogP contribution in [0.25, 0.3) is 0 Å². The fourth-order valence-electron chi connectivity index (χ4n) is 1.52. The molecule has 0 aliphatic heterocycles. The second kappa shape index (κ2) is 6.86. The number of benzene rings is 1. The summed E-state index contributed by atoms with van der Waals surface area (Å²) in [5.74, 6) is 0. The van der Waals surface area contributed by atoms with Crippen molar-refractivity contribution < 1.29 is 0 Å². The monoisotopic (exact) mass is 241 g/mol. The van der Waals surface area contributed by atoms with Crippen molar-refractivity contribution in [3.63, 3.8) is 0 Å². The predicted octanol–water partition coefficient (Wildman–Crippen LogP) is 1.49. The van der Waals surface area contributed by atoms with E-state index in [4.69, 9.17) is 17.3 Å². The molecule has 4 heteroatoms. The van der Waals surface area contributed by atoms with Gasteiger partial charge in [0.1, 0.15) is 0 Å². The Balaban J connectivity index is 2.53. The van der Waals surface area contributed by atoms with Gasteiger partial charge in [0, 0.05) is 30.7 Å². The van der Waals surface area contributed by atoms with Crippen LogP contribution in [0, 0.1) is 0 Å². The number of nitrogens with zero attached hydrogens (tertiary/aromatic N) is 1. The van der Waals surface area contributed by atoms with E-state index >= 15 is 0 Å².